The van der Waals surface area contributed by atoms with Gasteiger partial charge < -0.3 is 10.8 Å². The van der Waals surface area contributed by atoms with Gasteiger partial charge in [-0.3, -0.25) is 4.79 Å². The predicted octanol–water partition coefficient (Wildman–Crippen LogP) is 0.598. The van der Waals surface area contributed by atoms with Crippen LogP contribution in [-0.2, 0) is 9.67 Å². The van der Waals surface area contributed by atoms with Crippen LogP contribution in [0.5, 0.6) is 0 Å². The van der Waals surface area contributed by atoms with E-state index in [0.717, 1.165) is 0 Å². The highest BCUT2D eigenvalue weighted by molar-refractivity contribution is 6.34. The second-order valence-corrected chi connectivity index (χ2v) is 3.33. The molecule has 0 aromatic heterocycles. The molecule has 3 nitrogen and oxygen atoms in total. The minimum absolute atomic E-state index is 0.506. The Hall–Kier alpha value is -1.06. The minimum atomic E-state index is -1.50. The van der Waals surface area contributed by atoms with E-state index < -0.39 is 17.4 Å². The fourth-order valence-corrected chi connectivity index (χ4v) is 1.14. The number of nitrogens with two attached hydrogens (primary N) is 1. The summed E-state index contributed by atoms with van der Waals surface area (Å²) >= 11 is 5.86. The fourth-order valence-electron chi connectivity index (χ4n) is 1.01. The molecule has 0 aliphatic rings. The Balaban J connectivity index is 3.11. The number of aliphatic hydroxyl groups is 1. The normalized spacial score (nSPS) is 14.9. The molecule has 1 atom stereocenters. The number of alkyl halides is 1. The maximum absolute atomic E-state index is 11.0. The highest BCUT2D eigenvalue weighted by Gasteiger charge is 2.35. The molecule has 0 saturated carbocycles. The van der Waals surface area contributed by atoms with Gasteiger partial charge in [0.2, 0.25) is 5.91 Å². The Labute approximate surface area is 81.1 Å². The molecule has 0 saturated heterocycles. The third-order valence-electron chi connectivity index (χ3n) is 1.84. The first-order valence-corrected chi connectivity index (χ1v) is 4.14. The van der Waals surface area contributed by atoms with Crippen LogP contribution in [0.3, 0.4) is 0 Å². The molecule has 70 valence electrons. The lowest BCUT2D eigenvalue weighted by Crippen LogP contribution is -2.39. The number of hydrogen-bond acceptors (Lipinski definition) is 2. The average Bonchev–Trinajstić information content (AvgIpc) is 2.17. The fraction of sp³-hybridized carbons (Fsp3) is 0.222. The van der Waals surface area contributed by atoms with Gasteiger partial charge >= 0.3 is 0 Å². The summed E-state index contributed by atoms with van der Waals surface area (Å²) in [6.45, 7) is -0.506. The topological polar surface area (TPSA) is 63.3 Å². The number of benzene rings is 1. The number of amides is 1. The second-order valence-electron chi connectivity index (χ2n) is 2.69. The smallest absolute Gasteiger partial charge is 0.245 e. The van der Waals surface area contributed by atoms with Crippen LogP contribution in [0.15, 0.2) is 30.3 Å². The van der Waals surface area contributed by atoms with E-state index in [1.54, 1.807) is 30.3 Å². The van der Waals surface area contributed by atoms with Crippen molar-refractivity contribution in [3.05, 3.63) is 35.9 Å². The minimum Gasteiger partial charge on any atom is -0.394 e. The lowest BCUT2D eigenvalue weighted by molar-refractivity contribution is -0.121. The van der Waals surface area contributed by atoms with Crippen molar-refractivity contribution < 1.29 is 9.90 Å². The molecular formula is C9H10ClNO2. The van der Waals surface area contributed by atoms with Gasteiger partial charge in [0.15, 0.2) is 4.87 Å². The molecule has 0 spiro atoms. The molecule has 1 aromatic rings. The zero-order chi connectivity index (χ0) is 9.90. The number of hydrogen-bond donors (Lipinski definition) is 2. The third-order valence-corrected chi connectivity index (χ3v) is 2.36. The molecule has 1 rings (SSSR count). The molecule has 0 aliphatic heterocycles. The number of carbonyl (C=O) groups excluding carboxylic acids is 1. The molecule has 3 N–H and O–H groups in total. The lowest BCUT2D eigenvalue weighted by atomic mass is 9.98. The van der Waals surface area contributed by atoms with Crippen molar-refractivity contribution in [2.75, 3.05) is 6.61 Å². The first-order valence-electron chi connectivity index (χ1n) is 3.76. The highest BCUT2D eigenvalue weighted by Crippen LogP contribution is 2.27. The summed E-state index contributed by atoms with van der Waals surface area (Å²) in [6, 6.07) is 8.54. The molecule has 1 amide bonds. The van der Waals surface area contributed by atoms with E-state index in [1.807, 2.05) is 0 Å². The zero-order valence-electron chi connectivity index (χ0n) is 6.90. The standard InChI is InChI=1S/C9H10ClNO2/c10-9(6-12,8(11)13)7-4-2-1-3-5-7/h1-5,12H,6H2,(H2,11,13). The maximum atomic E-state index is 11.0. The molecule has 0 aliphatic carbocycles. The van der Waals surface area contributed by atoms with E-state index in [4.69, 9.17) is 22.4 Å². The number of halogens is 1. The van der Waals surface area contributed by atoms with E-state index in [1.165, 1.54) is 0 Å². The van der Waals surface area contributed by atoms with Crippen LogP contribution in [0.1, 0.15) is 5.56 Å². The van der Waals surface area contributed by atoms with Gasteiger partial charge in [0, 0.05) is 0 Å². The van der Waals surface area contributed by atoms with Crippen LogP contribution in [0.2, 0.25) is 0 Å². The molecule has 1 unspecified atom stereocenters. The van der Waals surface area contributed by atoms with Gasteiger partial charge in [0.25, 0.3) is 0 Å². The highest BCUT2D eigenvalue weighted by atomic mass is 35.5. The molecule has 1 aromatic carbocycles. The average molecular weight is 200 g/mol. The van der Waals surface area contributed by atoms with Gasteiger partial charge in [-0.1, -0.05) is 30.3 Å². The van der Waals surface area contributed by atoms with Gasteiger partial charge in [0.1, 0.15) is 0 Å². The van der Waals surface area contributed by atoms with Crippen molar-refractivity contribution in [1.29, 1.82) is 0 Å². The Morgan fingerprint density at radius 2 is 2.00 bits per heavy atom. The second kappa shape index (κ2) is 3.77. The van der Waals surface area contributed by atoms with Crippen LogP contribution in [0, 0.1) is 0 Å². The van der Waals surface area contributed by atoms with E-state index in [-0.39, 0.29) is 0 Å². The summed E-state index contributed by atoms with van der Waals surface area (Å²) in [7, 11) is 0. The zero-order valence-corrected chi connectivity index (χ0v) is 7.66. The monoisotopic (exact) mass is 199 g/mol. The maximum Gasteiger partial charge on any atom is 0.245 e. The number of rotatable bonds is 3. The van der Waals surface area contributed by atoms with Crippen LogP contribution in [0.25, 0.3) is 0 Å². The largest absolute Gasteiger partial charge is 0.394 e. The Kier molecular flexibility index (Phi) is 2.90. The summed E-state index contributed by atoms with van der Waals surface area (Å²) in [5, 5.41) is 8.98. The molecule has 13 heavy (non-hydrogen) atoms. The third kappa shape index (κ3) is 1.82. The van der Waals surface area contributed by atoms with Gasteiger partial charge in [-0.25, -0.2) is 0 Å². The number of primary amides is 1. The summed E-state index contributed by atoms with van der Waals surface area (Å²) in [6.07, 6.45) is 0. The number of carbonyl (C=O) groups is 1. The SMILES string of the molecule is NC(=O)C(Cl)(CO)c1ccccc1. The first-order chi connectivity index (χ1) is 6.11. The molecular weight excluding hydrogens is 190 g/mol. The van der Waals surface area contributed by atoms with Gasteiger partial charge in [-0.05, 0) is 5.56 Å². The van der Waals surface area contributed by atoms with Gasteiger partial charge in [-0.2, -0.15) is 0 Å². The van der Waals surface area contributed by atoms with Crippen molar-refractivity contribution in [3.8, 4) is 0 Å². The summed E-state index contributed by atoms with van der Waals surface area (Å²) in [5.41, 5.74) is 5.59. The van der Waals surface area contributed by atoms with Crippen molar-refractivity contribution in [2.45, 2.75) is 4.87 Å². The molecule has 0 fully saturated rings. The summed E-state index contributed by atoms with van der Waals surface area (Å²) < 4.78 is 0. The quantitative estimate of drug-likeness (QED) is 0.701. The molecule has 4 heteroatoms. The van der Waals surface area contributed by atoms with Crippen LogP contribution < -0.4 is 5.73 Å². The van der Waals surface area contributed by atoms with Gasteiger partial charge in [0.05, 0.1) is 6.61 Å². The Bertz CT molecular complexity index is 302. The number of aliphatic hydroxyl groups excluding tert-OH is 1. The molecule has 0 heterocycles. The Morgan fingerprint density at radius 1 is 1.46 bits per heavy atom. The van der Waals surface area contributed by atoms with Crippen molar-refractivity contribution in [2.24, 2.45) is 5.73 Å². The van der Waals surface area contributed by atoms with Crippen molar-refractivity contribution in [3.63, 3.8) is 0 Å². The Morgan fingerprint density at radius 3 is 2.38 bits per heavy atom. The van der Waals surface area contributed by atoms with Crippen LogP contribution in [-0.4, -0.2) is 17.6 Å². The predicted molar refractivity (Wildman–Crippen MR) is 50.3 cm³/mol. The van der Waals surface area contributed by atoms with Crippen LogP contribution >= 0.6 is 11.6 Å². The summed E-state index contributed by atoms with van der Waals surface area (Å²) in [4.78, 5) is 9.48. The molecule has 0 bridgehead atoms. The van der Waals surface area contributed by atoms with E-state index in [2.05, 4.69) is 0 Å². The van der Waals surface area contributed by atoms with Crippen molar-refractivity contribution in [1.82, 2.24) is 0 Å². The lowest BCUT2D eigenvalue weighted by Gasteiger charge is -2.20. The van der Waals surface area contributed by atoms with E-state index in [0.29, 0.717) is 5.56 Å². The van der Waals surface area contributed by atoms with E-state index in [9.17, 15) is 4.79 Å². The van der Waals surface area contributed by atoms with E-state index >= 15 is 0 Å². The van der Waals surface area contributed by atoms with Crippen molar-refractivity contribution >= 4 is 17.5 Å². The van der Waals surface area contributed by atoms with Crippen LogP contribution in [0.4, 0.5) is 0 Å². The van der Waals surface area contributed by atoms with Gasteiger partial charge in [-0.15, -0.1) is 11.6 Å². The first kappa shape index (κ1) is 10.0. The summed E-state index contributed by atoms with van der Waals surface area (Å²) in [5.74, 6) is -0.747. The molecule has 0 radical (unpaired) electrons.